The van der Waals surface area contributed by atoms with Crippen molar-refractivity contribution in [2.75, 3.05) is 7.05 Å². The van der Waals surface area contributed by atoms with Crippen LogP contribution in [0.15, 0.2) is 0 Å². The molecule has 0 spiro atoms. The van der Waals surface area contributed by atoms with Crippen LogP contribution in [0.5, 0.6) is 0 Å². The predicted octanol–water partition coefficient (Wildman–Crippen LogP) is 1.31. The van der Waals surface area contributed by atoms with Crippen LogP contribution in [0.4, 0.5) is 0 Å². The third-order valence-electron chi connectivity index (χ3n) is 0.603. The van der Waals surface area contributed by atoms with E-state index in [1.54, 1.807) is 7.05 Å². The van der Waals surface area contributed by atoms with Gasteiger partial charge in [0.05, 0.1) is 0 Å². The summed E-state index contributed by atoms with van der Waals surface area (Å²) in [5.41, 5.74) is -0.180. The van der Waals surface area contributed by atoms with Gasteiger partial charge in [-0.05, 0) is 33.0 Å². The first-order valence-electron chi connectivity index (χ1n) is 2.86. The fourth-order valence-corrected chi connectivity index (χ4v) is 0.579. The van der Waals surface area contributed by atoms with Crippen molar-refractivity contribution in [3.05, 3.63) is 0 Å². The van der Waals surface area contributed by atoms with E-state index in [0.29, 0.717) is 5.17 Å². The summed E-state index contributed by atoms with van der Waals surface area (Å²) in [4.78, 5) is 0. The van der Waals surface area contributed by atoms with E-state index >= 15 is 0 Å². The monoisotopic (exact) mass is 147 g/mol. The summed E-state index contributed by atoms with van der Waals surface area (Å²) in [7, 11) is 1.74. The minimum atomic E-state index is -0.180. The molecule has 0 unspecified atom stereocenters. The average Bonchev–Trinajstić information content (AvgIpc) is 1.62. The minimum absolute atomic E-state index is 0.180. The Bertz CT molecular complexity index is 106. The van der Waals surface area contributed by atoms with Gasteiger partial charge in [0, 0.05) is 7.05 Å². The summed E-state index contributed by atoms with van der Waals surface area (Å²) in [6.07, 6.45) is 0. The third-order valence-corrected chi connectivity index (χ3v) is 0.890. The molecule has 0 atom stereocenters. The summed E-state index contributed by atoms with van der Waals surface area (Å²) >= 11 is 4.77. The molecule has 0 saturated heterocycles. The molecule has 0 aromatic carbocycles. The van der Waals surface area contributed by atoms with E-state index in [0.717, 1.165) is 0 Å². The highest BCUT2D eigenvalue weighted by molar-refractivity contribution is 7.80. The van der Waals surface area contributed by atoms with Crippen molar-refractivity contribution in [3.63, 3.8) is 0 Å². The van der Waals surface area contributed by atoms with Crippen molar-refractivity contribution in [2.45, 2.75) is 26.4 Å². The zero-order valence-electron chi connectivity index (χ0n) is 6.32. The highest BCUT2D eigenvalue weighted by Crippen LogP contribution is 2.05. The maximum atomic E-state index is 5.21. The van der Waals surface area contributed by atoms with E-state index in [-0.39, 0.29) is 5.60 Å². The molecule has 0 bridgehead atoms. The first-order chi connectivity index (χ1) is 3.95. The lowest BCUT2D eigenvalue weighted by atomic mass is 10.2. The van der Waals surface area contributed by atoms with Crippen LogP contribution in [0.3, 0.4) is 0 Å². The smallest absolute Gasteiger partial charge is 0.256 e. The molecule has 0 amide bonds. The van der Waals surface area contributed by atoms with Gasteiger partial charge >= 0.3 is 0 Å². The molecule has 0 aliphatic rings. The second-order valence-electron chi connectivity index (χ2n) is 2.75. The number of rotatable bonds is 0. The molecule has 3 heteroatoms. The summed E-state index contributed by atoms with van der Waals surface area (Å²) in [6, 6.07) is 0. The molecule has 9 heavy (non-hydrogen) atoms. The maximum absolute atomic E-state index is 5.21. The van der Waals surface area contributed by atoms with Gasteiger partial charge in [-0.15, -0.1) is 0 Å². The van der Waals surface area contributed by atoms with Crippen molar-refractivity contribution in [2.24, 2.45) is 0 Å². The van der Waals surface area contributed by atoms with Gasteiger partial charge in [0.2, 0.25) is 0 Å². The van der Waals surface area contributed by atoms with E-state index in [1.807, 2.05) is 20.8 Å². The van der Waals surface area contributed by atoms with Crippen LogP contribution < -0.4 is 5.32 Å². The molecule has 0 radical (unpaired) electrons. The fraction of sp³-hybridized carbons (Fsp3) is 0.833. The van der Waals surface area contributed by atoms with Crippen molar-refractivity contribution >= 4 is 17.4 Å². The highest BCUT2D eigenvalue weighted by atomic mass is 32.1. The standard InChI is InChI=1S/C6H13NOS/c1-6(2,3)8-5(9)7-4/h1-4H3,(H,7,9). The van der Waals surface area contributed by atoms with Crippen LogP contribution in [0.1, 0.15) is 20.8 Å². The third kappa shape index (κ3) is 5.56. The molecule has 0 saturated carbocycles. The summed E-state index contributed by atoms with van der Waals surface area (Å²) < 4.78 is 5.21. The van der Waals surface area contributed by atoms with Crippen LogP contribution in [0, 0.1) is 0 Å². The van der Waals surface area contributed by atoms with Gasteiger partial charge in [-0.1, -0.05) is 0 Å². The average molecular weight is 147 g/mol. The number of hydrogen-bond acceptors (Lipinski definition) is 2. The quantitative estimate of drug-likeness (QED) is 0.522. The molecular weight excluding hydrogens is 134 g/mol. The van der Waals surface area contributed by atoms with Gasteiger partial charge in [-0.2, -0.15) is 0 Å². The fourth-order valence-electron chi connectivity index (χ4n) is 0.329. The van der Waals surface area contributed by atoms with E-state index in [2.05, 4.69) is 5.32 Å². The number of nitrogens with one attached hydrogen (secondary N) is 1. The van der Waals surface area contributed by atoms with E-state index in [9.17, 15) is 0 Å². The van der Waals surface area contributed by atoms with Crippen LogP contribution in [-0.4, -0.2) is 17.8 Å². The lowest BCUT2D eigenvalue weighted by Crippen LogP contribution is -2.29. The Balaban J connectivity index is 3.60. The lowest BCUT2D eigenvalue weighted by Gasteiger charge is -2.20. The molecule has 0 aliphatic heterocycles. The second-order valence-corrected chi connectivity index (χ2v) is 3.12. The molecule has 0 rings (SSSR count). The summed E-state index contributed by atoms with van der Waals surface area (Å²) in [5.74, 6) is 0. The zero-order chi connectivity index (χ0) is 7.49. The first-order valence-corrected chi connectivity index (χ1v) is 3.27. The molecule has 2 nitrogen and oxygen atoms in total. The Hall–Kier alpha value is -0.310. The lowest BCUT2D eigenvalue weighted by molar-refractivity contribution is 0.115. The topological polar surface area (TPSA) is 21.3 Å². The van der Waals surface area contributed by atoms with Crippen molar-refractivity contribution in [3.8, 4) is 0 Å². The van der Waals surface area contributed by atoms with E-state index in [4.69, 9.17) is 17.0 Å². The predicted molar refractivity (Wildman–Crippen MR) is 42.5 cm³/mol. The summed E-state index contributed by atoms with van der Waals surface area (Å²) in [5, 5.41) is 3.18. The normalized spacial score (nSPS) is 10.7. The van der Waals surface area contributed by atoms with Gasteiger partial charge in [0.1, 0.15) is 5.60 Å². The highest BCUT2D eigenvalue weighted by Gasteiger charge is 2.11. The zero-order valence-corrected chi connectivity index (χ0v) is 7.13. The Morgan fingerprint density at radius 2 is 1.89 bits per heavy atom. The van der Waals surface area contributed by atoms with Gasteiger partial charge in [0.15, 0.2) is 0 Å². The first kappa shape index (κ1) is 8.69. The molecule has 0 aliphatic carbocycles. The van der Waals surface area contributed by atoms with Crippen LogP contribution in [0.25, 0.3) is 0 Å². The minimum Gasteiger partial charge on any atom is -0.465 e. The SMILES string of the molecule is CNC(=S)OC(C)(C)C. The molecule has 0 aromatic heterocycles. The van der Waals surface area contributed by atoms with Crippen molar-refractivity contribution in [1.29, 1.82) is 0 Å². The van der Waals surface area contributed by atoms with Gasteiger partial charge in [0.25, 0.3) is 5.17 Å². The molecular formula is C6H13NOS. The largest absolute Gasteiger partial charge is 0.465 e. The Kier molecular flexibility index (Phi) is 2.91. The number of hydrogen-bond donors (Lipinski definition) is 1. The van der Waals surface area contributed by atoms with Crippen LogP contribution >= 0.6 is 12.2 Å². The number of ether oxygens (including phenoxy) is 1. The molecule has 1 N–H and O–H groups in total. The summed E-state index contributed by atoms with van der Waals surface area (Å²) in [6.45, 7) is 5.86. The van der Waals surface area contributed by atoms with Crippen molar-refractivity contribution < 1.29 is 4.74 Å². The maximum Gasteiger partial charge on any atom is 0.256 e. The van der Waals surface area contributed by atoms with E-state index in [1.165, 1.54) is 0 Å². The van der Waals surface area contributed by atoms with Crippen LogP contribution in [0.2, 0.25) is 0 Å². The van der Waals surface area contributed by atoms with Crippen molar-refractivity contribution in [1.82, 2.24) is 5.32 Å². The van der Waals surface area contributed by atoms with Gasteiger partial charge in [-0.25, -0.2) is 0 Å². The molecule has 0 aromatic rings. The Morgan fingerprint density at radius 3 is 2.00 bits per heavy atom. The van der Waals surface area contributed by atoms with Gasteiger partial charge in [-0.3, -0.25) is 0 Å². The van der Waals surface area contributed by atoms with Gasteiger partial charge < -0.3 is 10.1 Å². The molecule has 0 heterocycles. The number of thiocarbonyl (C=S) groups is 1. The van der Waals surface area contributed by atoms with Crippen LogP contribution in [-0.2, 0) is 4.74 Å². The van der Waals surface area contributed by atoms with E-state index < -0.39 is 0 Å². The Labute approximate surface area is 61.6 Å². The Morgan fingerprint density at radius 1 is 1.44 bits per heavy atom. The second kappa shape index (κ2) is 3.01. The molecule has 54 valence electrons. The molecule has 0 fully saturated rings.